The first-order valence-electron chi connectivity index (χ1n) is 5.96. The minimum absolute atomic E-state index is 0.0795. The van der Waals surface area contributed by atoms with Crippen LogP contribution < -0.4 is 0 Å². The van der Waals surface area contributed by atoms with Gasteiger partial charge >= 0.3 is 0 Å². The maximum absolute atomic E-state index is 12.0. The van der Waals surface area contributed by atoms with Crippen LogP contribution in [0.15, 0.2) is 41.8 Å². The second kappa shape index (κ2) is 6.30. The lowest BCUT2D eigenvalue weighted by molar-refractivity contribution is 0.102. The summed E-state index contributed by atoms with van der Waals surface area (Å²) in [5.74, 6) is -1.02. The van der Waals surface area contributed by atoms with E-state index in [0.717, 1.165) is 5.56 Å². The first kappa shape index (κ1) is 14.9. The minimum Gasteiger partial charge on any atom is -0.392 e. The van der Waals surface area contributed by atoms with Gasteiger partial charge in [-0.1, -0.05) is 30.3 Å². The summed E-state index contributed by atoms with van der Waals surface area (Å²) < 4.78 is 24.0. The molecule has 1 aromatic carbocycles. The van der Waals surface area contributed by atoms with Gasteiger partial charge in [-0.15, -0.1) is 11.3 Å². The van der Waals surface area contributed by atoms with E-state index in [9.17, 15) is 13.2 Å². The van der Waals surface area contributed by atoms with E-state index in [-0.39, 0.29) is 18.1 Å². The van der Waals surface area contributed by atoms with Crippen LogP contribution in [0.5, 0.6) is 0 Å². The number of carbonyl (C=O) groups is 1. The number of carbonyl (C=O) groups excluding carboxylic acids is 1. The Hall–Kier alpha value is -1.50. The van der Waals surface area contributed by atoms with Crippen LogP contribution in [0, 0.1) is 0 Å². The van der Waals surface area contributed by atoms with Gasteiger partial charge in [-0.3, -0.25) is 4.79 Å². The molecule has 0 bridgehead atoms. The van der Waals surface area contributed by atoms with E-state index in [1.807, 2.05) is 0 Å². The number of aliphatic hydroxyl groups is 1. The van der Waals surface area contributed by atoms with Crippen molar-refractivity contribution in [3.8, 4) is 0 Å². The fourth-order valence-electron chi connectivity index (χ4n) is 1.75. The molecule has 0 saturated heterocycles. The molecule has 4 nitrogen and oxygen atoms in total. The monoisotopic (exact) mass is 310 g/mol. The average Bonchev–Trinajstić information content (AvgIpc) is 2.92. The van der Waals surface area contributed by atoms with E-state index in [1.54, 1.807) is 41.8 Å². The van der Waals surface area contributed by atoms with Crippen LogP contribution >= 0.6 is 11.3 Å². The van der Waals surface area contributed by atoms with E-state index in [2.05, 4.69) is 0 Å². The number of rotatable bonds is 6. The molecule has 0 spiro atoms. The van der Waals surface area contributed by atoms with Crippen molar-refractivity contribution >= 4 is 27.0 Å². The molecular weight excluding hydrogens is 296 g/mol. The molecule has 2 rings (SSSR count). The number of hydrogen-bond donors (Lipinski definition) is 1. The van der Waals surface area contributed by atoms with Gasteiger partial charge in [0.2, 0.25) is 0 Å². The maximum atomic E-state index is 12.0. The van der Waals surface area contributed by atoms with Gasteiger partial charge in [-0.2, -0.15) is 0 Å². The van der Waals surface area contributed by atoms with Crippen LogP contribution in [0.4, 0.5) is 0 Å². The third-order valence-electron chi connectivity index (χ3n) is 2.74. The highest BCUT2D eigenvalue weighted by Gasteiger charge is 2.19. The standard InChI is InChI=1S/C14H14O4S2/c15-8-11-3-5-12(6-4-11)9-20(17,18)10-13(16)14-2-1-7-19-14/h1-7,15H,8-10H2. The van der Waals surface area contributed by atoms with Gasteiger partial charge in [0.15, 0.2) is 15.6 Å². The van der Waals surface area contributed by atoms with E-state index in [1.165, 1.54) is 11.3 Å². The normalized spacial score (nSPS) is 11.4. The second-order valence-electron chi connectivity index (χ2n) is 4.41. The molecule has 1 heterocycles. The Morgan fingerprint density at radius 1 is 1.10 bits per heavy atom. The van der Waals surface area contributed by atoms with Crippen LogP contribution in [0.2, 0.25) is 0 Å². The predicted octanol–water partition coefficient (Wildman–Crippen LogP) is 2.04. The summed E-state index contributed by atoms with van der Waals surface area (Å²) in [5.41, 5.74) is 1.34. The lowest BCUT2D eigenvalue weighted by atomic mass is 10.2. The highest BCUT2D eigenvalue weighted by molar-refractivity contribution is 7.91. The van der Waals surface area contributed by atoms with Crippen LogP contribution in [0.1, 0.15) is 20.8 Å². The van der Waals surface area contributed by atoms with Crippen molar-refractivity contribution in [3.05, 3.63) is 57.8 Å². The molecule has 2 aromatic rings. The molecule has 0 unspecified atom stereocenters. The molecule has 0 aliphatic heterocycles. The second-order valence-corrected chi connectivity index (χ2v) is 7.42. The van der Waals surface area contributed by atoms with Crippen LogP contribution in [-0.4, -0.2) is 25.1 Å². The molecule has 0 aliphatic carbocycles. The van der Waals surface area contributed by atoms with Gasteiger partial charge in [0.1, 0.15) is 5.75 Å². The average molecular weight is 310 g/mol. The number of thiophene rings is 1. The highest BCUT2D eigenvalue weighted by Crippen LogP contribution is 2.13. The number of sulfone groups is 1. The highest BCUT2D eigenvalue weighted by atomic mass is 32.2. The van der Waals surface area contributed by atoms with E-state index in [4.69, 9.17) is 5.11 Å². The van der Waals surface area contributed by atoms with E-state index >= 15 is 0 Å². The van der Waals surface area contributed by atoms with Crippen LogP contribution in [-0.2, 0) is 22.2 Å². The van der Waals surface area contributed by atoms with Crippen molar-refractivity contribution in [2.75, 3.05) is 5.75 Å². The number of aliphatic hydroxyl groups excluding tert-OH is 1. The van der Waals surface area contributed by atoms with Crippen molar-refractivity contribution in [3.63, 3.8) is 0 Å². The molecule has 0 amide bonds. The predicted molar refractivity (Wildman–Crippen MR) is 78.5 cm³/mol. The summed E-state index contributed by atoms with van der Waals surface area (Å²) in [5, 5.41) is 10.7. The van der Waals surface area contributed by atoms with Crippen molar-refractivity contribution < 1.29 is 18.3 Å². The Balaban J connectivity index is 2.05. The molecule has 1 N–H and O–H groups in total. The van der Waals surface area contributed by atoms with Gasteiger partial charge in [-0.25, -0.2) is 8.42 Å². The molecular formula is C14H14O4S2. The number of benzene rings is 1. The molecule has 0 atom stereocenters. The van der Waals surface area contributed by atoms with Crippen molar-refractivity contribution in [1.29, 1.82) is 0 Å². The number of hydrogen-bond acceptors (Lipinski definition) is 5. The van der Waals surface area contributed by atoms with Gasteiger partial charge < -0.3 is 5.11 Å². The molecule has 106 valence electrons. The third-order valence-corrected chi connectivity index (χ3v) is 5.13. The molecule has 0 fully saturated rings. The van der Waals surface area contributed by atoms with Crippen molar-refractivity contribution in [2.24, 2.45) is 0 Å². The van der Waals surface area contributed by atoms with Gasteiger partial charge in [0.05, 0.1) is 17.2 Å². The zero-order valence-electron chi connectivity index (χ0n) is 10.7. The smallest absolute Gasteiger partial charge is 0.187 e. The van der Waals surface area contributed by atoms with Gasteiger partial charge in [-0.05, 0) is 22.6 Å². The number of ketones is 1. The Bertz CT molecular complexity index is 670. The molecule has 6 heteroatoms. The topological polar surface area (TPSA) is 71.4 Å². The first-order valence-corrected chi connectivity index (χ1v) is 8.66. The van der Waals surface area contributed by atoms with Crippen molar-refractivity contribution in [2.45, 2.75) is 12.4 Å². The number of Topliss-reactive ketones (excluding diaryl/α,β-unsaturated/α-hetero) is 1. The quantitative estimate of drug-likeness (QED) is 0.829. The molecule has 0 radical (unpaired) electrons. The van der Waals surface area contributed by atoms with Crippen LogP contribution in [0.25, 0.3) is 0 Å². The first-order chi connectivity index (χ1) is 9.50. The maximum Gasteiger partial charge on any atom is 0.187 e. The fourth-order valence-corrected chi connectivity index (χ4v) is 3.87. The molecule has 0 aliphatic rings. The molecule has 1 aromatic heterocycles. The minimum atomic E-state index is -3.48. The summed E-state index contributed by atoms with van der Waals surface area (Å²) in [6.45, 7) is -0.0795. The Morgan fingerprint density at radius 2 is 1.75 bits per heavy atom. The van der Waals surface area contributed by atoms with Crippen LogP contribution in [0.3, 0.4) is 0 Å². The molecule has 0 saturated carbocycles. The summed E-state index contributed by atoms with van der Waals surface area (Å²) in [6.07, 6.45) is 0. The fraction of sp³-hybridized carbons (Fsp3) is 0.214. The third kappa shape index (κ3) is 4.00. The Kier molecular flexibility index (Phi) is 4.69. The van der Waals surface area contributed by atoms with Gasteiger partial charge in [0.25, 0.3) is 0 Å². The lowest BCUT2D eigenvalue weighted by Gasteiger charge is -2.04. The summed E-state index contributed by atoms with van der Waals surface area (Å²) >= 11 is 1.24. The zero-order valence-corrected chi connectivity index (χ0v) is 12.3. The summed E-state index contributed by atoms with van der Waals surface area (Å²) in [4.78, 5) is 12.3. The Morgan fingerprint density at radius 3 is 2.30 bits per heavy atom. The zero-order chi connectivity index (χ0) is 14.6. The van der Waals surface area contributed by atoms with E-state index < -0.39 is 15.6 Å². The SMILES string of the molecule is O=C(CS(=O)(=O)Cc1ccc(CO)cc1)c1cccs1. The van der Waals surface area contributed by atoms with E-state index in [0.29, 0.717) is 10.4 Å². The van der Waals surface area contributed by atoms with Crippen molar-refractivity contribution in [1.82, 2.24) is 0 Å². The summed E-state index contributed by atoms with van der Waals surface area (Å²) in [6, 6.07) is 9.99. The molecule has 20 heavy (non-hydrogen) atoms. The largest absolute Gasteiger partial charge is 0.392 e. The Labute approximate surface area is 121 Å². The summed E-state index contributed by atoms with van der Waals surface area (Å²) in [7, 11) is -3.48. The lowest BCUT2D eigenvalue weighted by Crippen LogP contribution is -2.17. The van der Waals surface area contributed by atoms with Gasteiger partial charge in [0, 0.05) is 0 Å².